The fraction of sp³-hybridized carbons (Fsp3) is 0.100. The highest BCUT2D eigenvalue weighted by molar-refractivity contribution is 9.11. The van der Waals surface area contributed by atoms with Crippen molar-refractivity contribution in [1.29, 1.82) is 0 Å². The van der Waals surface area contributed by atoms with Crippen LogP contribution in [0.15, 0.2) is 57.5 Å². The van der Waals surface area contributed by atoms with Gasteiger partial charge in [0, 0.05) is 20.2 Å². The maximum absolute atomic E-state index is 14.2. The van der Waals surface area contributed by atoms with Gasteiger partial charge in [-0.3, -0.25) is 0 Å². The molecule has 0 bridgehead atoms. The quantitative estimate of drug-likeness (QED) is 0.273. The second-order valence-electron chi connectivity index (χ2n) is 5.93. The minimum Gasteiger partial charge on any atom is -0.465 e. The predicted molar refractivity (Wildman–Crippen MR) is 127 cm³/mol. The van der Waals surface area contributed by atoms with Crippen LogP contribution in [-0.2, 0) is 11.2 Å². The Kier molecular flexibility index (Phi) is 7.39. The minimum atomic E-state index is -0.473. The van der Waals surface area contributed by atoms with Crippen LogP contribution in [0.3, 0.4) is 0 Å². The Morgan fingerprint density at radius 3 is 2.55 bits per heavy atom. The topological polar surface area (TPSA) is 50.4 Å². The number of carbonyl (C=O) groups is 1. The van der Waals surface area contributed by atoms with Crippen molar-refractivity contribution < 1.29 is 13.9 Å². The number of anilines is 2. The summed E-state index contributed by atoms with van der Waals surface area (Å²) in [5.41, 5.74) is 1.70. The summed E-state index contributed by atoms with van der Waals surface area (Å²) in [6.45, 7) is 0. The summed E-state index contributed by atoms with van der Waals surface area (Å²) >= 11 is 13.3. The third-order valence-corrected chi connectivity index (χ3v) is 6.22. The van der Waals surface area contributed by atoms with Crippen molar-refractivity contribution in [1.82, 2.24) is 0 Å². The number of rotatable bonds is 5. The van der Waals surface area contributed by atoms with Gasteiger partial charge in [-0.2, -0.15) is 0 Å². The highest BCUT2D eigenvalue weighted by atomic mass is 79.9. The van der Waals surface area contributed by atoms with E-state index in [1.165, 1.54) is 24.5 Å². The summed E-state index contributed by atoms with van der Waals surface area (Å²) in [5, 5.41) is 6.51. The van der Waals surface area contributed by atoms with Gasteiger partial charge in [0.05, 0.1) is 18.4 Å². The summed E-state index contributed by atoms with van der Waals surface area (Å²) in [6, 6.07) is 14.7. The Morgan fingerprint density at radius 1 is 1.17 bits per heavy atom. The first kappa shape index (κ1) is 21.9. The van der Waals surface area contributed by atoms with Crippen LogP contribution in [0.4, 0.5) is 15.1 Å². The highest BCUT2D eigenvalue weighted by Crippen LogP contribution is 2.32. The monoisotopic (exact) mass is 556 g/mol. The number of thiocarbonyl (C=S) groups is 1. The van der Waals surface area contributed by atoms with Crippen molar-refractivity contribution in [2.45, 2.75) is 6.42 Å². The molecule has 150 valence electrons. The molecule has 0 aliphatic carbocycles. The summed E-state index contributed by atoms with van der Waals surface area (Å²) < 4.78 is 20.2. The summed E-state index contributed by atoms with van der Waals surface area (Å²) in [7, 11) is 1.32. The molecule has 0 aliphatic heterocycles. The zero-order valence-corrected chi connectivity index (χ0v) is 19.9. The van der Waals surface area contributed by atoms with Crippen LogP contribution in [-0.4, -0.2) is 18.2 Å². The number of halogens is 3. The van der Waals surface area contributed by atoms with Gasteiger partial charge in [-0.15, -0.1) is 11.3 Å². The molecule has 2 N–H and O–H groups in total. The number of methoxy groups -OCH3 is 1. The maximum atomic E-state index is 14.2. The first-order chi connectivity index (χ1) is 13.9. The largest absolute Gasteiger partial charge is 0.465 e. The van der Waals surface area contributed by atoms with E-state index in [1.807, 2.05) is 30.3 Å². The van der Waals surface area contributed by atoms with Crippen LogP contribution in [0, 0.1) is 5.82 Å². The summed E-state index contributed by atoms with van der Waals surface area (Å²) in [5.74, 6) is -0.943. The van der Waals surface area contributed by atoms with E-state index >= 15 is 0 Å². The van der Waals surface area contributed by atoms with Gasteiger partial charge in [0.2, 0.25) is 0 Å². The first-order valence-electron chi connectivity index (χ1n) is 8.35. The third kappa shape index (κ3) is 5.63. The van der Waals surface area contributed by atoms with Crippen LogP contribution in [0.5, 0.6) is 0 Å². The van der Waals surface area contributed by atoms with E-state index in [2.05, 4.69) is 42.5 Å². The van der Waals surface area contributed by atoms with Gasteiger partial charge < -0.3 is 15.4 Å². The molecular formula is C20H15Br2FN2O2S2. The summed E-state index contributed by atoms with van der Waals surface area (Å²) in [4.78, 5) is 13.2. The van der Waals surface area contributed by atoms with E-state index in [0.717, 1.165) is 10.4 Å². The van der Waals surface area contributed by atoms with Crippen molar-refractivity contribution in [3.05, 3.63) is 79.3 Å². The molecule has 2 aromatic carbocycles. The van der Waals surface area contributed by atoms with Crippen molar-refractivity contribution in [3.8, 4) is 0 Å². The van der Waals surface area contributed by atoms with E-state index in [4.69, 9.17) is 17.0 Å². The molecule has 0 spiro atoms. The van der Waals surface area contributed by atoms with E-state index in [0.29, 0.717) is 25.9 Å². The molecule has 29 heavy (non-hydrogen) atoms. The predicted octanol–water partition coefficient (Wildman–Crippen LogP) is 6.60. The molecule has 4 nitrogen and oxygen atoms in total. The molecule has 3 aromatic rings. The van der Waals surface area contributed by atoms with E-state index in [1.54, 1.807) is 12.1 Å². The number of thiophene rings is 1. The van der Waals surface area contributed by atoms with Gasteiger partial charge in [-0.1, -0.05) is 46.3 Å². The second kappa shape index (κ2) is 9.80. The molecule has 1 heterocycles. The van der Waals surface area contributed by atoms with Crippen LogP contribution >= 0.6 is 55.4 Å². The van der Waals surface area contributed by atoms with Gasteiger partial charge in [-0.25, -0.2) is 9.18 Å². The fourth-order valence-electron chi connectivity index (χ4n) is 2.59. The Morgan fingerprint density at radius 2 is 1.90 bits per heavy atom. The van der Waals surface area contributed by atoms with Crippen molar-refractivity contribution >= 4 is 77.2 Å². The standard InChI is InChI=1S/C20H15Br2FN2O2S2/c1-27-19(26)14-10-13(7-11-5-3-2-4-6-11)29-18(14)25-20(28)24-17-15(22)8-12(21)9-16(17)23/h2-6,8-10H,7H2,1H3,(H2,24,25,28). The maximum Gasteiger partial charge on any atom is 0.340 e. The molecule has 3 rings (SSSR count). The Labute approximate surface area is 193 Å². The Hall–Kier alpha value is -1.81. The average Bonchev–Trinajstić information content (AvgIpc) is 3.06. The van der Waals surface area contributed by atoms with Crippen LogP contribution in [0.1, 0.15) is 20.8 Å². The fourth-order valence-corrected chi connectivity index (χ4v) is 5.21. The molecule has 9 heteroatoms. The molecule has 0 amide bonds. The molecule has 0 saturated carbocycles. The van der Waals surface area contributed by atoms with Crippen molar-refractivity contribution in [2.75, 3.05) is 17.7 Å². The number of ether oxygens (including phenoxy) is 1. The molecule has 0 atom stereocenters. The zero-order valence-electron chi connectivity index (χ0n) is 15.1. The van der Waals surface area contributed by atoms with Gasteiger partial charge in [0.15, 0.2) is 5.11 Å². The van der Waals surface area contributed by atoms with E-state index < -0.39 is 11.8 Å². The van der Waals surface area contributed by atoms with Gasteiger partial charge in [0.25, 0.3) is 0 Å². The van der Waals surface area contributed by atoms with Crippen molar-refractivity contribution in [3.63, 3.8) is 0 Å². The molecular weight excluding hydrogens is 543 g/mol. The average molecular weight is 558 g/mol. The highest BCUT2D eigenvalue weighted by Gasteiger charge is 2.19. The molecule has 0 aliphatic rings. The number of hydrogen-bond acceptors (Lipinski definition) is 4. The number of nitrogens with one attached hydrogen (secondary N) is 2. The number of hydrogen-bond donors (Lipinski definition) is 2. The number of benzene rings is 2. The second-order valence-corrected chi connectivity index (χ2v) is 9.25. The number of carbonyl (C=O) groups excluding carboxylic acids is 1. The smallest absolute Gasteiger partial charge is 0.340 e. The zero-order chi connectivity index (χ0) is 21.0. The lowest BCUT2D eigenvalue weighted by Crippen LogP contribution is -2.20. The third-order valence-electron chi connectivity index (χ3n) is 3.88. The van der Waals surface area contributed by atoms with Crippen molar-refractivity contribution in [2.24, 2.45) is 0 Å². The van der Waals surface area contributed by atoms with Crippen LogP contribution in [0.25, 0.3) is 0 Å². The van der Waals surface area contributed by atoms with Gasteiger partial charge in [-0.05, 0) is 51.9 Å². The van der Waals surface area contributed by atoms with Crippen LogP contribution in [0.2, 0.25) is 0 Å². The minimum absolute atomic E-state index is 0.158. The van der Waals surface area contributed by atoms with Gasteiger partial charge >= 0.3 is 5.97 Å². The molecule has 0 radical (unpaired) electrons. The van der Waals surface area contributed by atoms with E-state index in [-0.39, 0.29) is 10.8 Å². The molecule has 1 aromatic heterocycles. The Balaban J connectivity index is 1.82. The summed E-state index contributed by atoms with van der Waals surface area (Å²) in [6.07, 6.45) is 0.671. The SMILES string of the molecule is COC(=O)c1cc(Cc2ccccc2)sc1NC(=S)Nc1c(F)cc(Br)cc1Br. The first-order valence-corrected chi connectivity index (χ1v) is 11.2. The lowest BCUT2D eigenvalue weighted by molar-refractivity contribution is 0.0602. The Bertz CT molecular complexity index is 1030. The molecule has 0 saturated heterocycles. The van der Waals surface area contributed by atoms with Gasteiger partial charge in [0.1, 0.15) is 10.8 Å². The van der Waals surface area contributed by atoms with E-state index in [9.17, 15) is 9.18 Å². The lowest BCUT2D eigenvalue weighted by atomic mass is 10.1. The lowest BCUT2D eigenvalue weighted by Gasteiger charge is -2.13. The van der Waals surface area contributed by atoms with Crippen LogP contribution < -0.4 is 10.6 Å². The molecule has 0 unspecified atom stereocenters. The number of esters is 1. The molecule has 0 fully saturated rings. The normalized spacial score (nSPS) is 10.5.